The number of carbonyl (C=O) groups is 1. The molecular weight excluding hydrogens is 662 g/mol. The summed E-state index contributed by atoms with van der Waals surface area (Å²) in [5, 5.41) is 64.4. The minimum absolute atomic E-state index is 0.302. The van der Waals surface area contributed by atoms with Crippen LogP contribution in [0.5, 0.6) is 0 Å². The minimum atomic E-state index is -1.62. The number of amides is 1. The van der Waals surface area contributed by atoms with Crippen molar-refractivity contribution in [3.8, 4) is 0 Å². The van der Waals surface area contributed by atoms with Gasteiger partial charge < -0.3 is 45.4 Å². The number of aliphatic hydroxyl groups excluding tert-OH is 6. The van der Waals surface area contributed by atoms with Crippen molar-refractivity contribution < 1.29 is 44.9 Å². The topological polar surface area (TPSA) is 169 Å². The van der Waals surface area contributed by atoms with Gasteiger partial charge in [0.05, 0.1) is 25.4 Å². The van der Waals surface area contributed by atoms with Gasteiger partial charge in [-0.1, -0.05) is 153 Å². The summed E-state index contributed by atoms with van der Waals surface area (Å²) in [6.07, 6.45) is 28.0. The number of rotatable bonds is 33. The second-order valence-corrected chi connectivity index (χ2v) is 14.6. The summed E-state index contributed by atoms with van der Waals surface area (Å²) >= 11 is 0. The van der Waals surface area contributed by atoms with Crippen molar-refractivity contribution in [2.45, 2.75) is 210 Å². The van der Waals surface area contributed by atoms with Gasteiger partial charge in [-0.05, 0) is 44.9 Å². The van der Waals surface area contributed by atoms with E-state index in [1.165, 1.54) is 83.5 Å². The maximum atomic E-state index is 13.0. The molecule has 304 valence electrons. The molecule has 0 aromatic heterocycles. The number of hydrogen-bond donors (Lipinski definition) is 7. The van der Waals surface area contributed by atoms with Gasteiger partial charge in [-0.2, -0.15) is 0 Å². The van der Waals surface area contributed by atoms with E-state index in [4.69, 9.17) is 9.47 Å². The van der Waals surface area contributed by atoms with Gasteiger partial charge in [-0.15, -0.1) is 0 Å². The van der Waals surface area contributed by atoms with E-state index in [-0.39, 0.29) is 6.61 Å². The highest BCUT2D eigenvalue weighted by atomic mass is 16.7. The molecule has 1 heterocycles. The molecule has 1 saturated heterocycles. The Morgan fingerprint density at radius 3 is 1.67 bits per heavy atom. The Morgan fingerprint density at radius 2 is 1.13 bits per heavy atom. The summed E-state index contributed by atoms with van der Waals surface area (Å²) in [4.78, 5) is 13.0. The predicted molar refractivity (Wildman–Crippen MR) is 209 cm³/mol. The first-order chi connectivity index (χ1) is 25.3. The summed E-state index contributed by atoms with van der Waals surface area (Å²) in [6.45, 7) is 3.54. The largest absolute Gasteiger partial charge is 0.394 e. The molecule has 0 bridgehead atoms. The molecule has 1 rings (SSSR count). The third-order valence-electron chi connectivity index (χ3n) is 9.80. The van der Waals surface area contributed by atoms with Crippen LogP contribution in [-0.4, -0.2) is 98.7 Å². The first kappa shape index (κ1) is 48.4. The van der Waals surface area contributed by atoms with Gasteiger partial charge in [0.15, 0.2) is 6.29 Å². The summed E-state index contributed by atoms with van der Waals surface area (Å²) in [5.74, 6) is -0.633. The maximum absolute atomic E-state index is 13.0. The van der Waals surface area contributed by atoms with Gasteiger partial charge in [-0.25, -0.2) is 0 Å². The Kier molecular flexibility index (Phi) is 30.5. The molecule has 10 heteroatoms. The van der Waals surface area contributed by atoms with E-state index >= 15 is 0 Å². The number of unbranched alkanes of at least 4 members (excludes halogenated alkanes) is 18. The summed E-state index contributed by atoms with van der Waals surface area (Å²) < 4.78 is 11.1. The average Bonchev–Trinajstić information content (AvgIpc) is 3.14. The van der Waals surface area contributed by atoms with Crippen LogP contribution in [0.15, 0.2) is 36.5 Å². The van der Waals surface area contributed by atoms with Crippen LogP contribution in [0.3, 0.4) is 0 Å². The minimum Gasteiger partial charge on any atom is -0.394 e. The van der Waals surface area contributed by atoms with Gasteiger partial charge in [0.1, 0.15) is 30.5 Å². The molecule has 0 aromatic carbocycles. The van der Waals surface area contributed by atoms with Gasteiger partial charge in [0, 0.05) is 0 Å². The standard InChI is InChI=1S/C42H77NO9/c1-3-5-7-9-11-13-15-17-18-19-21-22-24-26-28-30-35(45)34(33-51-42-40(49)39(48)38(47)37(32-44)52-42)43-41(50)36(46)31-29-27-25-23-20-16-14-12-10-8-6-4-2/h15,17,21-22,28,30,34-40,42,44-49H,3-14,16,18-20,23-27,29,31-33H2,1-2H3,(H,43,50)/b17-15+,22-21+,30-28+. The first-order valence-electron chi connectivity index (χ1n) is 20.8. The number of allylic oxidation sites excluding steroid dienone is 5. The summed E-state index contributed by atoms with van der Waals surface area (Å²) in [7, 11) is 0. The Morgan fingerprint density at radius 1 is 0.654 bits per heavy atom. The Hall–Kier alpha value is -1.63. The Labute approximate surface area is 315 Å². The van der Waals surface area contributed by atoms with E-state index in [2.05, 4.69) is 43.5 Å². The SMILES string of the molecule is CCCCCCC/C=C/CC/C=C/CC/C=C/C(O)C(COC1OC(CO)C(O)C(O)C1O)NC(=O)C(O)CCCCCCCCCCCCCC. The third-order valence-corrected chi connectivity index (χ3v) is 9.80. The van der Waals surface area contributed by atoms with Gasteiger partial charge in [0.2, 0.25) is 5.91 Å². The van der Waals surface area contributed by atoms with Crippen molar-refractivity contribution in [1.29, 1.82) is 0 Å². The molecule has 7 N–H and O–H groups in total. The van der Waals surface area contributed by atoms with Crippen LogP contribution in [0, 0.1) is 0 Å². The number of hydrogen-bond acceptors (Lipinski definition) is 9. The molecule has 1 aliphatic rings. The number of ether oxygens (including phenoxy) is 2. The molecule has 8 unspecified atom stereocenters. The lowest BCUT2D eigenvalue weighted by molar-refractivity contribution is -0.302. The van der Waals surface area contributed by atoms with Gasteiger partial charge in [-0.3, -0.25) is 4.79 Å². The highest BCUT2D eigenvalue weighted by molar-refractivity contribution is 5.80. The van der Waals surface area contributed by atoms with Crippen molar-refractivity contribution in [1.82, 2.24) is 5.32 Å². The van der Waals surface area contributed by atoms with Crippen LogP contribution in [-0.2, 0) is 14.3 Å². The molecule has 0 spiro atoms. The fourth-order valence-corrected chi connectivity index (χ4v) is 6.31. The molecule has 0 aliphatic carbocycles. The number of carbonyl (C=O) groups excluding carboxylic acids is 1. The van der Waals surface area contributed by atoms with E-state index in [1.54, 1.807) is 6.08 Å². The summed E-state index contributed by atoms with van der Waals surface area (Å²) in [5.41, 5.74) is 0. The zero-order chi connectivity index (χ0) is 38.2. The Balaban J connectivity index is 2.53. The van der Waals surface area contributed by atoms with Crippen molar-refractivity contribution in [3.63, 3.8) is 0 Å². The predicted octanol–water partition coefficient (Wildman–Crippen LogP) is 6.69. The zero-order valence-corrected chi connectivity index (χ0v) is 32.7. The fourth-order valence-electron chi connectivity index (χ4n) is 6.31. The van der Waals surface area contributed by atoms with E-state index in [0.717, 1.165) is 44.9 Å². The van der Waals surface area contributed by atoms with Gasteiger partial charge in [0.25, 0.3) is 0 Å². The molecule has 8 atom stereocenters. The van der Waals surface area contributed by atoms with Crippen LogP contribution in [0.25, 0.3) is 0 Å². The lowest BCUT2D eigenvalue weighted by Crippen LogP contribution is -2.60. The molecule has 0 aromatic rings. The van der Waals surface area contributed by atoms with Crippen molar-refractivity contribution >= 4 is 5.91 Å². The Bertz CT molecular complexity index is 927. The van der Waals surface area contributed by atoms with Crippen LogP contribution >= 0.6 is 0 Å². The molecule has 10 nitrogen and oxygen atoms in total. The van der Waals surface area contributed by atoms with Gasteiger partial charge >= 0.3 is 0 Å². The van der Waals surface area contributed by atoms with E-state index in [1.807, 2.05) is 6.08 Å². The zero-order valence-electron chi connectivity index (χ0n) is 32.7. The van der Waals surface area contributed by atoms with E-state index in [9.17, 15) is 35.4 Å². The van der Waals surface area contributed by atoms with Crippen molar-refractivity contribution in [2.24, 2.45) is 0 Å². The molecule has 0 radical (unpaired) electrons. The second kappa shape index (κ2) is 32.8. The third kappa shape index (κ3) is 23.2. The average molecular weight is 740 g/mol. The summed E-state index contributed by atoms with van der Waals surface area (Å²) in [6, 6.07) is -0.998. The molecule has 1 aliphatic heterocycles. The van der Waals surface area contributed by atoms with Crippen LogP contribution < -0.4 is 5.32 Å². The van der Waals surface area contributed by atoms with E-state index in [0.29, 0.717) is 19.3 Å². The van der Waals surface area contributed by atoms with E-state index < -0.39 is 61.5 Å². The lowest BCUT2D eigenvalue weighted by Gasteiger charge is -2.40. The van der Waals surface area contributed by atoms with Crippen LogP contribution in [0.1, 0.15) is 162 Å². The van der Waals surface area contributed by atoms with Crippen LogP contribution in [0.4, 0.5) is 0 Å². The lowest BCUT2D eigenvalue weighted by atomic mass is 9.99. The monoisotopic (exact) mass is 740 g/mol. The highest BCUT2D eigenvalue weighted by Crippen LogP contribution is 2.22. The molecule has 0 saturated carbocycles. The number of nitrogens with one attached hydrogen (secondary N) is 1. The molecule has 52 heavy (non-hydrogen) atoms. The maximum Gasteiger partial charge on any atom is 0.249 e. The quantitative estimate of drug-likeness (QED) is 0.0287. The normalized spacial score (nSPS) is 22.8. The second-order valence-electron chi connectivity index (χ2n) is 14.6. The highest BCUT2D eigenvalue weighted by Gasteiger charge is 2.44. The number of aliphatic hydroxyl groups is 6. The smallest absolute Gasteiger partial charge is 0.249 e. The molecular formula is C42H77NO9. The molecule has 1 fully saturated rings. The van der Waals surface area contributed by atoms with Crippen molar-refractivity contribution in [2.75, 3.05) is 13.2 Å². The van der Waals surface area contributed by atoms with Crippen molar-refractivity contribution in [3.05, 3.63) is 36.5 Å². The molecule has 1 amide bonds. The fraction of sp³-hybridized carbons (Fsp3) is 0.833. The van der Waals surface area contributed by atoms with Crippen LogP contribution in [0.2, 0.25) is 0 Å². The first-order valence-corrected chi connectivity index (χ1v) is 20.8.